The number of benzene rings is 9. The fourth-order valence-corrected chi connectivity index (χ4v) is 9.76. The Bertz CT molecular complexity index is 3830. The van der Waals surface area contributed by atoms with E-state index < -0.39 is 0 Å². The van der Waals surface area contributed by atoms with Crippen molar-refractivity contribution in [1.82, 2.24) is 28.7 Å². The van der Waals surface area contributed by atoms with Gasteiger partial charge in [-0.25, -0.2) is 4.98 Å². The second-order valence-electron chi connectivity index (χ2n) is 16.0. The lowest BCUT2D eigenvalue weighted by Crippen LogP contribution is -2.08. The lowest BCUT2D eigenvalue weighted by molar-refractivity contribution is 0.950. The summed E-state index contributed by atoms with van der Waals surface area (Å²) >= 11 is 0. The molecule has 0 N–H and O–H groups in total. The topological polar surface area (TPSA) is 53.5 Å². The van der Waals surface area contributed by atoms with E-state index in [-0.39, 0.29) is 0 Å². The molecule has 294 valence electrons. The van der Waals surface area contributed by atoms with Gasteiger partial charge in [-0.05, 0) is 53.6 Å². The van der Waals surface area contributed by atoms with Crippen LogP contribution in [-0.4, -0.2) is 28.7 Å². The largest absolute Gasteiger partial charge is 0.309 e. The van der Waals surface area contributed by atoms with Crippen molar-refractivity contribution in [2.45, 2.75) is 0 Å². The molecule has 0 bridgehead atoms. The van der Waals surface area contributed by atoms with E-state index in [0.717, 1.165) is 77.5 Å². The molecule has 6 nitrogen and oxygen atoms in total. The molecule has 9 aromatic carbocycles. The molecule has 13 rings (SSSR count). The third-order valence-electron chi connectivity index (χ3n) is 12.5. The van der Waals surface area contributed by atoms with Crippen molar-refractivity contribution in [3.8, 4) is 51.2 Å². The smallest absolute Gasteiger partial charge is 0.238 e. The fourth-order valence-electron chi connectivity index (χ4n) is 9.76. The number of para-hydroxylation sites is 5. The predicted octanol–water partition coefficient (Wildman–Crippen LogP) is 14.2. The molecule has 0 unspecified atom stereocenters. The Kier molecular flexibility index (Phi) is 7.80. The molecular weight excluding hydrogens is 769 g/mol. The minimum absolute atomic E-state index is 0.547. The molecule has 0 radical (unpaired) electrons. The quantitative estimate of drug-likeness (QED) is 0.168. The van der Waals surface area contributed by atoms with Gasteiger partial charge in [0.2, 0.25) is 5.95 Å². The zero-order chi connectivity index (χ0) is 41.4. The van der Waals surface area contributed by atoms with E-state index in [1.807, 2.05) is 24.3 Å². The van der Waals surface area contributed by atoms with Gasteiger partial charge in [0.1, 0.15) is 0 Å². The van der Waals surface area contributed by atoms with Crippen LogP contribution in [0.5, 0.6) is 0 Å². The molecule has 13 aromatic rings. The second-order valence-corrected chi connectivity index (χ2v) is 16.0. The van der Waals surface area contributed by atoms with Crippen molar-refractivity contribution in [1.29, 1.82) is 0 Å². The van der Waals surface area contributed by atoms with Crippen LogP contribution in [0.25, 0.3) is 117 Å². The lowest BCUT2D eigenvalue weighted by atomic mass is 10.0. The van der Waals surface area contributed by atoms with Crippen molar-refractivity contribution in [3.05, 3.63) is 218 Å². The third-order valence-corrected chi connectivity index (χ3v) is 12.5. The summed E-state index contributed by atoms with van der Waals surface area (Å²) in [6.45, 7) is 0. The lowest BCUT2D eigenvalue weighted by Gasteiger charge is -2.16. The summed E-state index contributed by atoms with van der Waals surface area (Å²) in [6, 6.07) is 77.3. The van der Waals surface area contributed by atoms with E-state index in [1.165, 1.54) is 21.5 Å². The zero-order valence-corrected chi connectivity index (χ0v) is 34.0. The van der Waals surface area contributed by atoms with E-state index in [4.69, 9.17) is 15.0 Å². The van der Waals surface area contributed by atoms with Crippen molar-refractivity contribution < 1.29 is 0 Å². The number of fused-ring (bicyclic) bond motifs is 10. The van der Waals surface area contributed by atoms with Crippen molar-refractivity contribution >= 4 is 65.4 Å². The van der Waals surface area contributed by atoms with Crippen LogP contribution in [0.2, 0.25) is 0 Å². The summed E-state index contributed by atoms with van der Waals surface area (Å²) in [7, 11) is 0. The average Bonchev–Trinajstić information content (AvgIpc) is 4.00. The normalized spacial score (nSPS) is 11.8. The van der Waals surface area contributed by atoms with Gasteiger partial charge in [-0.3, -0.25) is 4.57 Å². The second kappa shape index (κ2) is 14.0. The molecule has 4 heterocycles. The van der Waals surface area contributed by atoms with E-state index in [2.05, 4.69) is 208 Å². The summed E-state index contributed by atoms with van der Waals surface area (Å²) in [5.74, 6) is 1.75. The number of nitrogens with zero attached hydrogens (tertiary/aromatic N) is 6. The highest BCUT2D eigenvalue weighted by Gasteiger charge is 2.27. The van der Waals surface area contributed by atoms with E-state index in [1.54, 1.807) is 0 Å². The highest BCUT2D eigenvalue weighted by molar-refractivity contribution is 6.31. The molecule has 6 heteroatoms. The minimum atomic E-state index is 0.547. The SMILES string of the molecule is c1ccc(-c2ccc(-c3nc(-c4ccccc4)nc(-n4c5ccccc5c5c6c7ccccc7n(-c7ccccc7)c6cc(-n6c7ccccc7c7ccccc76)c54)n3)cc2)cc1. The number of rotatable bonds is 6. The monoisotopic (exact) mass is 804 g/mol. The number of hydrogen-bond donors (Lipinski definition) is 0. The first-order valence-corrected chi connectivity index (χ1v) is 21.3. The Morgan fingerprint density at radius 2 is 0.698 bits per heavy atom. The van der Waals surface area contributed by atoms with Crippen LogP contribution in [-0.2, 0) is 0 Å². The summed E-state index contributed by atoms with van der Waals surface area (Å²) in [5, 5.41) is 7.00. The minimum Gasteiger partial charge on any atom is -0.309 e. The van der Waals surface area contributed by atoms with Gasteiger partial charge in [0.15, 0.2) is 11.6 Å². The van der Waals surface area contributed by atoms with Crippen LogP contribution in [0.15, 0.2) is 218 Å². The molecule has 0 saturated carbocycles. The molecule has 0 fully saturated rings. The summed E-state index contributed by atoms with van der Waals surface area (Å²) in [5.41, 5.74) is 12.8. The summed E-state index contributed by atoms with van der Waals surface area (Å²) < 4.78 is 7.15. The Balaban J connectivity index is 1.20. The molecular formula is C57H36N6. The predicted molar refractivity (Wildman–Crippen MR) is 259 cm³/mol. The maximum Gasteiger partial charge on any atom is 0.238 e. The van der Waals surface area contributed by atoms with Crippen LogP contribution in [0, 0.1) is 0 Å². The average molecular weight is 805 g/mol. The van der Waals surface area contributed by atoms with Gasteiger partial charge in [0.25, 0.3) is 0 Å². The van der Waals surface area contributed by atoms with Gasteiger partial charge in [-0.15, -0.1) is 0 Å². The standard InChI is InChI=1S/C57H36N6/c1-4-18-37(19-5-1)38-32-34-40(35-33-38)56-58-55(39-20-6-2-7-21-39)59-57(60-56)63-49-31-17-13-27-45(49)53-52-44-26-12-16-30-48(44)61(41-22-8-3-9-23-41)50(52)36-51(54(53)63)62-46-28-14-10-24-42(46)43-25-11-15-29-47(43)62/h1-36H. The summed E-state index contributed by atoms with van der Waals surface area (Å²) in [4.78, 5) is 16.0. The Morgan fingerprint density at radius 3 is 1.29 bits per heavy atom. The number of aromatic nitrogens is 6. The van der Waals surface area contributed by atoms with Crippen molar-refractivity contribution in [3.63, 3.8) is 0 Å². The molecule has 0 amide bonds. The number of hydrogen-bond acceptors (Lipinski definition) is 3. The van der Waals surface area contributed by atoms with E-state index in [9.17, 15) is 0 Å². The third kappa shape index (κ3) is 5.41. The fraction of sp³-hybridized carbons (Fsp3) is 0. The van der Waals surface area contributed by atoms with Crippen LogP contribution < -0.4 is 0 Å². The van der Waals surface area contributed by atoms with Gasteiger partial charge in [0, 0.05) is 49.1 Å². The highest BCUT2D eigenvalue weighted by Crippen LogP contribution is 2.46. The van der Waals surface area contributed by atoms with E-state index in [0.29, 0.717) is 17.6 Å². The van der Waals surface area contributed by atoms with Gasteiger partial charge in [0.05, 0.1) is 38.8 Å². The van der Waals surface area contributed by atoms with Gasteiger partial charge in [-0.1, -0.05) is 176 Å². The van der Waals surface area contributed by atoms with Crippen LogP contribution >= 0.6 is 0 Å². The van der Waals surface area contributed by atoms with Gasteiger partial charge < -0.3 is 9.13 Å². The molecule has 0 aliphatic heterocycles. The first-order chi connectivity index (χ1) is 31.3. The van der Waals surface area contributed by atoms with Crippen LogP contribution in [0.4, 0.5) is 0 Å². The van der Waals surface area contributed by atoms with Crippen LogP contribution in [0.3, 0.4) is 0 Å². The molecule has 63 heavy (non-hydrogen) atoms. The molecule has 0 atom stereocenters. The maximum atomic E-state index is 5.44. The Hall–Kier alpha value is -8.61. The van der Waals surface area contributed by atoms with Gasteiger partial charge >= 0.3 is 0 Å². The van der Waals surface area contributed by atoms with Crippen LogP contribution in [0.1, 0.15) is 0 Å². The summed E-state index contributed by atoms with van der Waals surface area (Å²) in [6.07, 6.45) is 0. The Labute approximate surface area is 362 Å². The first kappa shape index (κ1) is 35.2. The maximum absolute atomic E-state index is 5.44. The molecule has 0 spiro atoms. The van der Waals surface area contributed by atoms with Crippen molar-refractivity contribution in [2.75, 3.05) is 0 Å². The molecule has 0 saturated heterocycles. The molecule has 0 aliphatic carbocycles. The first-order valence-electron chi connectivity index (χ1n) is 21.3. The molecule has 0 aliphatic rings. The highest BCUT2D eigenvalue weighted by atomic mass is 15.2. The zero-order valence-electron chi connectivity index (χ0n) is 34.0. The van der Waals surface area contributed by atoms with E-state index >= 15 is 0 Å². The molecule has 4 aromatic heterocycles. The Morgan fingerprint density at radius 1 is 0.286 bits per heavy atom. The van der Waals surface area contributed by atoms with Gasteiger partial charge in [-0.2, -0.15) is 9.97 Å². The van der Waals surface area contributed by atoms with Crippen molar-refractivity contribution in [2.24, 2.45) is 0 Å².